The first kappa shape index (κ1) is 13.1. The second-order valence-corrected chi connectivity index (χ2v) is 4.24. The Bertz CT molecular complexity index is 552. The van der Waals surface area contributed by atoms with Gasteiger partial charge in [0.2, 0.25) is 0 Å². The van der Waals surface area contributed by atoms with Crippen molar-refractivity contribution in [2.45, 2.75) is 6.92 Å². The van der Waals surface area contributed by atoms with Crippen LogP contribution in [0.2, 0.25) is 0 Å². The zero-order valence-electron chi connectivity index (χ0n) is 11.4. The fourth-order valence-corrected chi connectivity index (χ4v) is 1.67. The third-order valence-electron chi connectivity index (χ3n) is 2.78. The SMILES string of the molecule is COc1cc(N=Cc2ccc(C)cc2)cc(OC)c1. The van der Waals surface area contributed by atoms with E-state index in [1.807, 2.05) is 36.5 Å². The lowest BCUT2D eigenvalue weighted by atomic mass is 10.2. The summed E-state index contributed by atoms with van der Waals surface area (Å²) in [6, 6.07) is 13.8. The number of hydrogen-bond donors (Lipinski definition) is 0. The Labute approximate surface area is 113 Å². The smallest absolute Gasteiger partial charge is 0.124 e. The lowest BCUT2D eigenvalue weighted by molar-refractivity contribution is 0.394. The number of aryl methyl sites for hydroxylation is 1. The van der Waals surface area contributed by atoms with Gasteiger partial charge in [0.25, 0.3) is 0 Å². The van der Waals surface area contributed by atoms with Gasteiger partial charge in [0.1, 0.15) is 11.5 Å². The van der Waals surface area contributed by atoms with Crippen molar-refractivity contribution in [1.82, 2.24) is 0 Å². The van der Waals surface area contributed by atoms with Gasteiger partial charge < -0.3 is 9.47 Å². The van der Waals surface area contributed by atoms with Gasteiger partial charge in [-0.1, -0.05) is 29.8 Å². The van der Waals surface area contributed by atoms with Crippen LogP contribution in [-0.4, -0.2) is 20.4 Å². The van der Waals surface area contributed by atoms with Crippen LogP contribution in [0.15, 0.2) is 47.5 Å². The van der Waals surface area contributed by atoms with E-state index in [0.29, 0.717) is 0 Å². The minimum absolute atomic E-state index is 0.732. The number of nitrogens with zero attached hydrogens (tertiary/aromatic N) is 1. The van der Waals surface area contributed by atoms with E-state index < -0.39 is 0 Å². The third-order valence-corrected chi connectivity index (χ3v) is 2.78. The van der Waals surface area contributed by atoms with E-state index in [2.05, 4.69) is 24.0 Å². The Kier molecular flexibility index (Phi) is 4.18. The Balaban J connectivity index is 2.24. The average molecular weight is 255 g/mol. The second kappa shape index (κ2) is 6.05. The summed E-state index contributed by atoms with van der Waals surface area (Å²) in [6.45, 7) is 2.06. The Morgan fingerprint density at radius 1 is 0.895 bits per heavy atom. The van der Waals surface area contributed by atoms with Crippen molar-refractivity contribution >= 4 is 11.9 Å². The molecule has 0 radical (unpaired) electrons. The topological polar surface area (TPSA) is 30.8 Å². The van der Waals surface area contributed by atoms with Crippen molar-refractivity contribution in [2.75, 3.05) is 14.2 Å². The Hall–Kier alpha value is -2.29. The number of hydrogen-bond acceptors (Lipinski definition) is 3. The molecule has 0 aliphatic heterocycles. The van der Waals surface area contributed by atoms with Crippen molar-refractivity contribution < 1.29 is 9.47 Å². The number of ether oxygens (including phenoxy) is 2. The van der Waals surface area contributed by atoms with Crippen LogP contribution in [0.3, 0.4) is 0 Å². The first-order valence-electron chi connectivity index (χ1n) is 6.05. The molecule has 0 aliphatic rings. The van der Waals surface area contributed by atoms with Crippen molar-refractivity contribution in [2.24, 2.45) is 4.99 Å². The van der Waals surface area contributed by atoms with E-state index in [0.717, 1.165) is 22.7 Å². The number of benzene rings is 2. The summed E-state index contributed by atoms with van der Waals surface area (Å²) in [6.07, 6.45) is 1.83. The van der Waals surface area contributed by atoms with Crippen LogP contribution in [0.1, 0.15) is 11.1 Å². The van der Waals surface area contributed by atoms with Crippen LogP contribution < -0.4 is 9.47 Å². The molecule has 2 rings (SSSR count). The van der Waals surface area contributed by atoms with Crippen molar-refractivity contribution in [3.63, 3.8) is 0 Å². The van der Waals surface area contributed by atoms with Gasteiger partial charge in [-0.3, -0.25) is 4.99 Å². The molecule has 0 aromatic heterocycles. The summed E-state index contributed by atoms with van der Waals surface area (Å²) in [5.41, 5.74) is 3.10. The first-order chi connectivity index (χ1) is 9.21. The predicted octanol–water partition coefficient (Wildman–Crippen LogP) is 3.76. The van der Waals surface area contributed by atoms with Gasteiger partial charge in [-0.15, -0.1) is 0 Å². The predicted molar refractivity (Wildman–Crippen MR) is 78.0 cm³/mol. The lowest BCUT2D eigenvalue weighted by Crippen LogP contribution is -1.87. The Morgan fingerprint density at radius 3 is 2.00 bits per heavy atom. The molecule has 0 atom stereocenters. The maximum atomic E-state index is 5.21. The molecule has 0 spiro atoms. The van der Waals surface area contributed by atoms with Gasteiger partial charge in [0, 0.05) is 24.4 Å². The van der Waals surface area contributed by atoms with Crippen LogP contribution in [0.5, 0.6) is 11.5 Å². The molecular weight excluding hydrogens is 238 g/mol. The molecule has 0 saturated carbocycles. The highest BCUT2D eigenvalue weighted by Gasteiger charge is 2.00. The average Bonchev–Trinajstić information content (AvgIpc) is 2.46. The van der Waals surface area contributed by atoms with E-state index in [-0.39, 0.29) is 0 Å². The molecule has 0 amide bonds. The summed E-state index contributed by atoms with van der Waals surface area (Å²) >= 11 is 0. The summed E-state index contributed by atoms with van der Waals surface area (Å²) in [4.78, 5) is 4.44. The summed E-state index contributed by atoms with van der Waals surface area (Å²) in [5.74, 6) is 1.46. The highest BCUT2D eigenvalue weighted by Crippen LogP contribution is 2.27. The fraction of sp³-hybridized carbons (Fsp3) is 0.188. The van der Waals surface area contributed by atoms with Crippen molar-refractivity contribution in [3.8, 4) is 11.5 Å². The summed E-state index contributed by atoms with van der Waals surface area (Å²) in [7, 11) is 3.25. The fourth-order valence-electron chi connectivity index (χ4n) is 1.67. The molecular formula is C16H17NO2. The van der Waals surface area contributed by atoms with Crippen LogP contribution in [0.25, 0.3) is 0 Å². The van der Waals surface area contributed by atoms with Gasteiger partial charge in [0.05, 0.1) is 19.9 Å². The van der Waals surface area contributed by atoms with Gasteiger partial charge in [-0.05, 0) is 12.5 Å². The van der Waals surface area contributed by atoms with Crippen molar-refractivity contribution in [3.05, 3.63) is 53.6 Å². The molecule has 98 valence electrons. The van der Waals surface area contributed by atoms with E-state index in [1.54, 1.807) is 14.2 Å². The van der Waals surface area contributed by atoms with Gasteiger partial charge in [-0.2, -0.15) is 0 Å². The highest BCUT2D eigenvalue weighted by atomic mass is 16.5. The molecule has 0 heterocycles. The minimum atomic E-state index is 0.732. The number of methoxy groups -OCH3 is 2. The molecule has 0 saturated heterocycles. The van der Waals surface area contributed by atoms with E-state index in [9.17, 15) is 0 Å². The zero-order valence-corrected chi connectivity index (χ0v) is 11.4. The molecule has 2 aromatic carbocycles. The van der Waals surface area contributed by atoms with Crippen LogP contribution >= 0.6 is 0 Å². The maximum Gasteiger partial charge on any atom is 0.124 e. The molecule has 3 heteroatoms. The molecule has 0 N–H and O–H groups in total. The first-order valence-corrected chi connectivity index (χ1v) is 6.05. The van der Waals surface area contributed by atoms with Gasteiger partial charge in [0.15, 0.2) is 0 Å². The van der Waals surface area contributed by atoms with Gasteiger partial charge in [-0.25, -0.2) is 0 Å². The lowest BCUT2D eigenvalue weighted by Gasteiger charge is -2.05. The number of rotatable bonds is 4. The van der Waals surface area contributed by atoms with E-state index in [1.165, 1.54) is 5.56 Å². The minimum Gasteiger partial charge on any atom is -0.497 e. The quantitative estimate of drug-likeness (QED) is 0.779. The Morgan fingerprint density at radius 2 is 1.47 bits per heavy atom. The number of aliphatic imine (C=N–C) groups is 1. The molecule has 0 fully saturated rings. The summed E-state index contributed by atoms with van der Waals surface area (Å²) in [5, 5.41) is 0. The molecule has 0 aliphatic carbocycles. The molecule has 19 heavy (non-hydrogen) atoms. The van der Waals surface area contributed by atoms with Gasteiger partial charge >= 0.3 is 0 Å². The maximum absolute atomic E-state index is 5.21. The van der Waals surface area contributed by atoms with E-state index in [4.69, 9.17) is 9.47 Å². The summed E-state index contributed by atoms with van der Waals surface area (Å²) < 4.78 is 10.4. The van der Waals surface area contributed by atoms with E-state index >= 15 is 0 Å². The standard InChI is InChI=1S/C16H17NO2/c1-12-4-6-13(7-5-12)11-17-14-8-15(18-2)10-16(9-14)19-3/h4-11H,1-3H3. The van der Waals surface area contributed by atoms with Crippen molar-refractivity contribution in [1.29, 1.82) is 0 Å². The highest BCUT2D eigenvalue weighted by molar-refractivity contribution is 5.82. The van der Waals surface area contributed by atoms with Crippen LogP contribution in [0, 0.1) is 6.92 Å². The monoisotopic (exact) mass is 255 g/mol. The normalized spacial score (nSPS) is 10.7. The van der Waals surface area contributed by atoms with Crippen LogP contribution in [-0.2, 0) is 0 Å². The largest absolute Gasteiger partial charge is 0.497 e. The molecule has 0 bridgehead atoms. The third kappa shape index (κ3) is 3.58. The molecule has 2 aromatic rings. The molecule has 0 unspecified atom stereocenters. The van der Waals surface area contributed by atoms with Crippen LogP contribution in [0.4, 0.5) is 5.69 Å². The molecule has 3 nitrogen and oxygen atoms in total. The zero-order chi connectivity index (χ0) is 13.7. The second-order valence-electron chi connectivity index (χ2n) is 4.24.